The van der Waals surface area contributed by atoms with E-state index in [1.54, 1.807) is 6.07 Å². The smallest absolute Gasteiger partial charge is 0.305 e. The number of carbonyl (C=O) groups excluding carboxylic acids is 1. The minimum absolute atomic E-state index is 0.0215. The number of ether oxygens (including phenoxy) is 1. The van der Waals surface area contributed by atoms with Crippen molar-refractivity contribution in [2.75, 3.05) is 0 Å². The fourth-order valence-electron chi connectivity index (χ4n) is 2.56. The number of benzene rings is 2. The Labute approximate surface area is 179 Å². The van der Waals surface area contributed by atoms with E-state index in [9.17, 15) is 24.1 Å². The number of nitrogens with one attached hydrogen (secondary N) is 1. The first-order valence-corrected chi connectivity index (χ1v) is 9.66. The van der Waals surface area contributed by atoms with Crippen molar-refractivity contribution in [2.45, 2.75) is 18.3 Å². The van der Waals surface area contributed by atoms with E-state index in [-0.39, 0.29) is 35.2 Å². The Bertz CT molecular complexity index is 1090. The Hall–Kier alpha value is -3.80. The molecule has 2 N–H and O–H groups in total. The molecule has 0 saturated carbocycles. The van der Waals surface area contributed by atoms with Crippen LogP contribution in [0.25, 0.3) is 0 Å². The minimum atomic E-state index is -1.12. The number of nitro benzene ring substituents is 1. The van der Waals surface area contributed by atoms with Gasteiger partial charge < -0.3 is 15.2 Å². The van der Waals surface area contributed by atoms with E-state index in [4.69, 9.17) is 9.84 Å². The third-order valence-corrected chi connectivity index (χ3v) is 5.04. The molecule has 2 aromatic carbocycles. The summed E-state index contributed by atoms with van der Waals surface area (Å²) in [5, 5.41) is 29.2. The summed E-state index contributed by atoms with van der Waals surface area (Å²) in [6.45, 7) is 0.0215. The van der Waals surface area contributed by atoms with E-state index in [0.29, 0.717) is 5.56 Å². The number of thioether (sulfide) groups is 1. The molecule has 1 fully saturated rings. The summed E-state index contributed by atoms with van der Waals surface area (Å²) in [6.07, 6.45) is 0.848. The van der Waals surface area contributed by atoms with Crippen LogP contribution in [0.15, 0.2) is 52.7 Å². The van der Waals surface area contributed by atoms with Crippen LogP contribution in [0.2, 0.25) is 0 Å². The molecule has 1 unspecified atom stereocenters. The zero-order chi connectivity index (χ0) is 22.4. The van der Waals surface area contributed by atoms with Crippen LogP contribution >= 0.6 is 11.8 Å². The number of hydrogen-bond acceptors (Lipinski definition) is 8. The second kappa shape index (κ2) is 9.80. The molecule has 0 aliphatic carbocycles. The van der Waals surface area contributed by atoms with E-state index in [2.05, 4.69) is 15.5 Å². The average molecular weight is 446 g/mol. The number of carboxylic acids is 1. The number of nitrogens with zero attached hydrogens (tertiary/aromatic N) is 3. The number of amidine groups is 1. The van der Waals surface area contributed by atoms with E-state index in [1.807, 2.05) is 0 Å². The van der Waals surface area contributed by atoms with Gasteiger partial charge in [0, 0.05) is 17.7 Å². The van der Waals surface area contributed by atoms with E-state index < -0.39 is 27.9 Å². The Morgan fingerprint density at radius 2 is 2.16 bits per heavy atom. The van der Waals surface area contributed by atoms with Crippen molar-refractivity contribution in [2.24, 2.45) is 10.2 Å². The maximum atomic E-state index is 13.3. The standard InChI is InChI=1S/C19H15FN4O6S/c20-13-3-1-2-11(6-13)10-30-15-5-4-14(24(28)29)7-12(15)9-21-23-19-22-18(27)16(31-19)8-17(25)26/h1-7,9,16H,8,10H2,(H,25,26)(H,22,23,27). The summed E-state index contributed by atoms with van der Waals surface area (Å²) in [7, 11) is 0. The van der Waals surface area contributed by atoms with Crippen molar-refractivity contribution in [1.82, 2.24) is 5.32 Å². The van der Waals surface area contributed by atoms with Crippen molar-refractivity contribution in [3.05, 3.63) is 69.5 Å². The second-order valence-electron chi connectivity index (χ2n) is 6.24. The lowest BCUT2D eigenvalue weighted by molar-refractivity contribution is -0.384. The highest BCUT2D eigenvalue weighted by atomic mass is 32.2. The van der Waals surface area contributed by atoms with Crippen molar-refractivity contribution in [3.63, 3.8) is 0 Å². The lowest BCUT2D eigenvalue weighted by Crippen LogP contribution is -2.26. The van der Waals surface area contributed by atoms with Crippen LogP contribution in [0.3, 0.4) is 0 Å². The van der Waals surface area contributed by atoms with Gasteiger partial charge in [0.1, 0.15) is 23.4 Å². The second-order valence-corrected chi connectivity index (χ2v) is 7.43. The van der Waals surface area contributed by atoms with Gasteiger partial charge >= 0.3 is 5.97 Å². The maximum absolute atomic E-state index is 13.3. The Morgan fingerprint density at radius 1 is 1.35 bits per heavy atom. The molecule has 1 saturated heterocycles. The zero-order valence-corrected chi connectivity index (χ0v) is 16.5. The number of nitro groups is 1. The molecule has 0 bridgehead atoms. The van der Waals surface area contributed by atoms with Gasteiger partial charge in [0.2, 0.25) is 5.91 Å². The molecule has 2 aromatic rings. The summed E-state index contributed by atoms with van der Waals surface area (Å²) in [6, 6.07) is 9.69. The minimum Gasteiger partial charge on any atom is -0.488 e. The van der Waals surface area contributed by atoms with Crippen LogP contribution in [0.5, 0.6) is 5.75 Å². The molecule has 0 radical (unpaired) electrons. The van der Waals surface area contributed by atoms with Crippen molar-refractivity contribution < 1.29 is 28.7 Å². The van der Waals surface area contributed by atoms with Crippen LogP contribution < -0.4 is 10.1 Å². The molecule has 1 amide bonds. The van der Waals surface area contributed by atoms with Gasteiger partial charge in [-0.1, -0.05) is 23.9 Å². The number of hydrogen-bond donors (Lipinski definition) is 2. The van der Waals surface area contributed by atoms with Gasteiger partial charge in [0.05, 0.1) is 17.6 Å². The van der Waals surface area contributed by atoms with Crippen LogP contribution in [-0.2, 0) is 16.2 Å². The van der Waals surface area contributed by atoms with Crippen molar-refractivity contribution in [1.29, 1.82) is 0 Å². The first-order valence-electron chi connectivity index (χ1n) is 8.78. The third kappa shape index (κ3) is 6.09. The normalized spacial score (nSPS) is 17.1. The molecule has 0 spiro atoms. The summed E-state index contributed by atoms with van der Waals surface area (Å²) >= 11 is 0.923. The third-order valence-electron chi connectivity index (χ3n) is 3.97. The number of non-ortho nitro benzene ring substituents is 1. The highest BCUT2D eigenvalue weighted by Gasteiger charge is 2.32. The molecule has 31 heavy (non-hydrogen) atoms. The van der Waals surface area contributed by atoms with Gasteiger partial charge in [-0.05, 0) is 23.8 Å². The summed E-state index contributed by atoms with van der Waals surface area (Å²) in [4.78, 5) is 33.0. The number of rotatable bonds is 8. The Morgan fingerprint density at radius 3 is 2.87 bits per heavy atom. The van der Waals surface area contributed by atoms with Crippen LogP contribution in [0, 0.1) is 15.9 Å². The van der Waals surface area contributed by atoms with E-state index >= 15 is 0 Å². The molecule has 0 aromatic heterocycles. The Balaban J connectivity index is 1.76. The van der Waals surface area contributed by atoms with Gasteiger partial charge in [0.25, 0.3) is 5.69 Å². The first kappa shape index (κ1) is 21.9. The fraction of sp³-hybridized carbons (Fsp3) is 0.158. The summed E-state index contributed by atoms with van der Waals surface area (Å²) in [5.74, 6) is -1.77. The van der Waals surface area contributed by atoms with Gasteiger partial charge in [-0.15, -0.1) is 5.10 Å². The van der Waals surface area contributed by atoms with Crippen molar-refractivity contribution in [3.8, 4) is 5.75 Å². The van der Waals surface area contributed by atoms with Gasteiger partial charge in [0.15, 0.2) is 5.17 Å². The van der Waals surface area contributed by atoms with Crippen LogP contribution in [0.1, 0.15) is 17.5 Å². The molecule has 1 aliphatic heterocycles. The highest BCUT2D eigenvalue weighted by Crippen LogP contribution is 2.25. The number of aliphatic carboxylic acids is 1. The maximum Gasteiger partial charge on any atom is 0.305 e. The summed E-state index contributed by atoms with van der Waals surface area (Å²) in [5.41, 5.74) is 0.611. The molecular weight excluding hydrogens is 431 g/mol. The average Bonchev–Trinajstić information content (AvgIpc) is 3.05. The van der Waals surface area contributed by atoms with Gasteiger partial charge in [-0.25, -0.2) is 4.39 Å². The molecule has 10 nitrogen and oxygen atoms in total. The highest BCUT2D eigenvalue weighted by molar-refractivity contribution is 8.15. The number of halogens is 1. The predicted molar refractivity (Wildman–Crippen MR) is 111 cm³/mol. The quantitative estimate of drug-likeness (QED) is 0.360. The Kier molecular flexibility index (Phi) is 6.92. The van der Waals surface area contributed by atoms with Gasteiger partial charge in [-0.2, -0.15) is 5.10 Å². The molecule has 1 aliphatic rings. The van der Waals surface area contributed by atoms with Crippen LogP contribution in [-0.4, -0.2) is 38.5 Å². The van der Waals surface area contributed by atoms with E-state index in [0.717, 1.165) is 11.8 Å². The van der Waals surface area contributed by atoms with E-state index in [1.165, 1.54) is 42.6 Å². The number of carbonyl (C=O) groups is 2. The molecule has 1 heterocycles. The lowest BCUT2D eigenvalue weighted by atomic mass is 10.2. The predicted octanol–water partition coefficient (Wildman–Crippen LogP) is 2.71. The zero-order valence-electron chi connectivity index (χ0n) is 15.7. The molecule has 12 heteroatoms. The summed E-state index contributed by atoms with van der Waals surface area (Å²) < 4.78 is 19.0. The van der Waals surface area contributed by atoms with Crippen molar-refractivity contribution >= 4 is 40.7 Å². The number of amides is 1. The van der Waals surface area contributed by atoms with Crippen LogP contribution in [0.4, 0.5) is 10.1 Å². The molecule has 3 rings (SSSR count). The largest absolute Gasteiger partial charge is 0.488 e. The molecule has 160 valence electrons. The lowest BCUT2D eigenvalue weighted by Gasteiger charge is -2.09. The fourth-order valence-corrected chi connectivity index (χ4v) is 3.47. The molecule has 1 atom stereocenters. The van der Waals surface area contributed by atoms with Gasteiger partial charge in [-0.3, -0.25) is 19.7 Å². The molecular formula is C19H15FN4O6S. The SMILES string of the molecule is O=C(O)CC1SC(=NN=Cc2cc([N+](=O)[O-])ccc2OCc2cccc(F)c2)NC1=O. The first-order chi connectivity index (χ1) is 14.8. The monoisotopic (exact) mass is 446 g/mol. The number of carboxylic acid groups (broad SMARTS) is 1. The topological polar surface area (TPSA) is 143 Å².